The normalized spacial score (nSPS) is 16.7. The number of allylic oxidation sites excluding steroid dienone is 2. The lowest BCUT2D eigenvalue weighted by atomic mass is 10.00. The first-order valence-electron chi connectivity index (χ1n) is 26.9. The summed E-state index contributed by atoms with van der Waals surface area (Å²) in [5.74, 6) is -0.527. The summed E-state index contributed by atoms with van der Waals surface area (Å²) in [6, 6.07) is 23.3. The van der Waals surface area contributed by atoms with E-state index in [2.05, 4.69) is 25.5 Å². The molecule has 81 heavy (non-hydrogen) atoms. The van der Waals surface area contributed by atoms with E-state index in [-0.39, 0.29) is 65.3 Å². The number of halogens is 6. The first kappa shape index (κ1) is 56.5. The molecule has 422 valence electrons. The average molecular weight is 1130 g/mol. The van der Waals surface area contributed by atoms with Crippen molar-refractivity contribution in [3.05, 3.63) is 147 Å². The van der Waals surface area contributed by atoms with Gasteiger partial charge in [0.25, 0.3) is 11.8 Å². The molecule has 3 aromatic heterocycles. The van der Waals surface area contributed by atoms with Crippen molar-refractivity contribution in [3.8, 4) is 17.0 Å². The molecule has 10 rings (SSSR count). The number of aromatic nitrogens is 3. The van der Waals surface area contributed by atoms with E-state index < -0.39 is 30.9 Å². The molecule has 7 heterocycles. The number of para-hydroxylation sites is 1. The first-order valence-corrected chi connectivity index (χ1v) is 27.8. The Bertz CT molecular complexity index is 3370. The van der Waals surface area contributed by atoms with Crippen molar-refractivity contribution >= 4 is 77.1 Å². The number of fused-ring (bicyclic) bond motifs is 2. The highest BCUT2D eigenvalue weighted by atomic mass is 32.1. The quantitative estimate of drug-likeness (QED) is 0.0487. The largest absolute Gasteiger partial charge is 0.935 e. The number of piperidine rings is 1. The molecule has 0 bridgehead atoms. The van der Waals surface area contributed by atoms with Gasteiger partial charge in [-0.3, -0.25) is 24.2 Å². The van der Waals surface area contributed by atoms with Crippen molar-refractivity contribution in [1.82, 2.24) is 34.6 Å². The van der Waals surface area contributed by atoms with E-state index >= 15 is 4.39 Å². The van der Waals surface area contributed by atoms with Crippen LogP contribution in [0.25, 0.3) is 17.3 Å². The summed E-state index contributed by atoms with van der Waals surface area (Å²) in [5.41, 5.74) is 3.36. The molecule has 4 aliphatic rings. The highest BCUT2D eigenvalue weighted by Crippen LogP contribution is 2.41. The highest BCUT2D eigenvalue weighted by Gasteiger charge is 2.43. The number of nitrogens with zero attached hydrogens (tertiary/aromatic N) is 9. The van der Waals surface area contributed by atoms with Crippen LogP contribution >= 0.6 is 11.3 Å². The van der Waals surface area contributed by atoms with Crippen LogP contribution in [0.3, 0.4) is 0 Å². The zero-order valence-corrected chi connectivity index (χ0v) is 45.9. The summed E-state index contributed by atoms with van der Waals surface area (Å²) in [6.45, 7) is 4.39. The lowest BCUT2D eigenvalue weighted by Crippen LogP contribution is -2.54. The molecule has 3 aromatic carbocycles. The maximum Gasteiger partial charge on any atom is 0.935 e. The van der Waals surface area contributed by atoms with Crippen LogP contribution in [-0.2, 0) is 29.4 Å². The molecule has 0 unspecified atom stereocenters. The minimum atomic E-state index is -4.64. The molecule has 0 saturated carbocycles. The summed E-state index contributed by atoms with van der Waals surface area (Å²) >= 11 is 1.41. The molecule has 23 heteroatoms. The van der Waals surface area contributed by atoms with Crippen LogP contribution < -0.4 is 25.2 Å². The Morgan fingerprint density at radius 3 is 2.40 bits per heavy atom. The van der Waals surface area contributed by atoms with Crippen molar-refractivity contribution in [1.29, 1.82) is 0 Å². The van der Waals surface area contributed by atoms with E-state index in [0.29, 0.717) is 74.8 Å². The number of unbranched alkanes of at least 4 members (excludes halogenated alkanes) is 2. The lowest BCUT2D eigenvalue weighted by molar-refractivity contribution is -0.339. The van der Waals surface area contributed by atoms with Crippen molar-refractivity contribution in [3.63, 3.8) is 0 Å². The summed E-state index contributed by atoms with van der Waals surface area (Å²) in [4.78, 5) is 57.5. The molecule has 0 atom stereocenters. The number of likely N-dealkylation sites (tertiary alicyclic amines) is 1. The summed E-state index contributed by atoms with van der Waals surface area (Å²) in [6.07, 6.45) is 6.10. The molecule has 4 aliphatic heterocycles. The highest BCUT2D eigenvalue weighted by molar-refractivity contribution is 7.12. The number of carbonyl (C=O) groups is 3. The molecular formula is C58H61BF6N11O4S+. The number of hydrogen-bond donors (Lipinski definition) is 2. The number of alkyl halides is 3. The molecule has 6 aromatic rings. The number of piperazine rings is 1. The first-order chi connectivity index (χ1) is 39.0. The van der Waals surface area contributed by atoms with Crippen LogP contribution in [-0.4, -0.2) is 137 Å². The Hall–Kier alpha value is -7.76. The third-order valence-corrected chi connectivity index (χ3v) is 16.3. The van der Waals surface area contributed by atoms with Crippen LogP contribution in [0.1, 0.15) is 70.6 Å². The van der Waals surface area contributed by atoms with Crippen LogP contribution in [0.5, 0.6) is 5.75 Å². The minimum absolute atomic E-state index is 0.0257. The van der Waals surface area contributed by atoms with Gasteiger partial charge in [-0.15, -0.1) is 11.3 Å². The van der Waals surface area contributed by atoms with Crippen LogP contribution in [0.15, 0.2) is 114 Å². The Kier molecular flexibility index (Phi) is 17.1. The third-order valence-electron chi connectivity index (χ3n) is 15.4. The Balaban J connectivity index is 0.612. The number of nitrogens with one attached hydrogen (secondary N) is 2. The van der Waals surface area contributed by atoms with Gasteiger partial charge >= 0.3 is 13.6 Å². The predicted octanol–water partition coefficient (Wildman–Crippen LogP) is 10.0. The molecule has 2 saturated heterocycles. The van der Waals surface area contributed by atoms with Crippen molar-refractivity contribution < 1.29 is 49.8 Å². The van der Waals surface area contributed by atoms with Gasteiger partial charge in [0, 0.05) is 108 Å². The number of anilines is 5. The van der Waals surface area contributed by atoms with Crippen LogP contribution in [0.2, 0.25) is 0 Å². The fourth-order valence-electron chi connectivity index (χ4n) is 11.0. The van der Waals surface area contributed by atoms with E-state index in [1.807, 2.05) is 63.2 Å². The van der Waals surface area contributed by atoms with E-state index in [1.165, 1.54) is 58.6 Å². The Morgan fingerprint density at radius 2 is 1.67 bits per heavy atom. The topological polar surface area (TPSA) is 134 Å². The number of thiophene rings is 1. The number of ether oxygens (including phenoxy) is 1. The third kappa shape index (κ3) is 12.7. The van der Waals surface area contributed by atoms with Gasteiger partial charge in [0.15, 0.2) is 18.1 Å². The molecule has 3 amide bonds. The summed E-state index contributed by atoms with van der Waals surface area (Å²) in [5, 5.41) is 7.63. The fraction of sp³-hybridized carbons (Fsp3) is 0.345. The van der Waals surface area contributed by atoms with Gasteiger partial charge in [0.05, 0.1) is 27.9 Å². The van der Waals surface area contributed by atoms with Gasteiger partial charge < -0.3 is 34.6 Å². The second-order valence-electron chi connectivity index (χ2n) is 20.5. The van der Waals surface area contributed by atoms with Crippen LogP contribution in [0.4, 0.5) is 55.0 Å². The second-order valence-corrected chi connectivity index (χ2v) is 21.4. The zero-order valence-electron chi connectivity index (χ0n) is 45.1. The van der Waals surface area contributed by atoms with E-state index in [0.717, 1.165) is 64.7 Å². The molecule has 15 nitrogen and oxygen atoms in total. The van der Waals surface area contributed by atoms with E-state index in [4.69, 9.17) is 4.74 Å². The molecular weight excluding hydrogens is 1070 g/mol. The predicted molar refractivity (Wildman–Crippen MR) is 302 cm³/mol. The molecule has 2 fully saturated rings. The monoisotopic (exact) mass is 1130 g/mol. The molecule has 0 radical (unpaired) electrons. The molecule has 0 spiro atoms. The SMILES string of the molecule is CN1C(=O)c2cccc(F)c2N(C)c2nc(Nc3ccc(CN4CCC(N5CCN(C(=O)CCCCCNC(=O)COc6ccc(-c7ccc(C=C8C=CC(c9cccs9)=[N+]8B(F)F)n7C)cc6)CC5)CC4)c(C(F)(F)F)c3)ncc21. The number of amides is 3. The molecule has 2 N–H and O–H groups in total. The van der Waals surface area contributed by atoms with Gasteiger partial charge in [-0.1, -0.05) is 24.6 Å². The minimum Gasteiger partial charge on any atom is -0.484 e. The van der Waals surface area contributed by atoms with Crippen molar-refractivity contribution in [2.75, 3.05) is 81.6 Å². The smallest absolute Gasteiger partial charge is 0.484 e. The summed E-state index contributed by atoms with van der Waals surface area (Å²) < 4.78 is 95.9. The number of hydrogen-bond acceptors (Lipinski definition) is 11. The maximum absolute atomic E-state index is 15.0. The van der Waals surface area contributed by atoms with Crippen LogP contribution in [0, 0.1) is 5.82 Å². The number of benzene rings is 3. The number of rotatable bonds is 18. The lowest BCUT2D eigenvalue weighted by Gasteiger charge is -2.43. The van der Waals surface area contributed by atoms with Gasteiger partial charge in [-0.05, 0) is 122 Å². The second kappa shape index (κ2) is 24.5. The van der Waals surface area contributed by atoms with Gasteiger partial charge in [0.2, 0.25) is 17.6 Å². The zero-order chi connectivity index (χ0) is 57.0. The fourth-order valence-corrected chi connectivity index (χ4v) is 11.7. The summed E-state index contributed by atoms with van der Waals surface area (Å²) in [7, 11) is 2.26. The van der Waals surface area contributed by atoms with Gasteiger partial charge in [0.1, 0.15) is 17.3 Å². The van der Waals surface area contributed by atoms with Crippen molar-refractivity contribution in [2.24, 2.45) is 7.05 Å². The standard InChI is InChI=1S/C58H60BF6N11O4S/c1-70-42(34-43-18-22-49(76(43)59(64)65)51-11-8-32-81-51)17-21-48(70)38-14-19-44(20-15-38)80-37-52(77)66-25-6-4-5-12-53(78)75-30-28-74(29-31-75)41-23-26-73(27-24-41)36-39-13-16-40(33-46(39)58(61,62)63)68-57-67-35-50-55(69-57)72(3)54-45(56(79)71(50)2)9-7-10-47(54)60/h7-11,13-22,32-35,41H,4-6,12,23-31,36-37H2,1-3H3,(H-,66,67,68,69,77)/p+1. The van der Waals surface area contributed by atoms with Gasteiger partial charge in [-0.2, -0.15) is 18.2 Å². The van der Waals surface area contributed by atoms with Crippen molar-refractivity contribution in [2.45, 2.75) is 57.3 Å². The molecule has 0 aliphatic carbocycles. The maximum atomic E-state index is 15.0. The van der Waals surface area contributed by atoms with Gasteiger partial charge in [-0.25, -0.2) is 22.5 Å². The van der Waals surface area contributed by atoms with E-state index in [9.17, 15) is 36.2 Å². The Labute approximate surface area is 470 Å². The average Bonchev–Trinajstić information content (AvgIpc) is 4.41. The Morgan fingerprint density at radius 1 is 0.889 bits per heavy atom. The van der Waals surface area contributed by atoms with E-state index in [1.54, 1.807) is 43.5 Å². The number of carbonyl (C=O) groups excluding carboxylic acids is 3.